The number of benzene rings is 2. The Labute approximate surface area is 224 Å². The molecule has 2 aromatic carbocycles. The summed E-state index contributed by atoms with van der Waals surface area (Å²) in [6.45, 7) is 4.09. The normalized spacial score (nSPS) is 23.3. The zero-order valence-electron chi connectivity index (χ0n) is 22.1. The lowest BCUT2D eigenvalue weighted by molar-refractivity contribution is -0.142. The van der Waals surface area contributed by atoms with Crippen LogP contribution in [-0.4, -0.2) is 82.3 Å². The molecule has 6 rings (SSSR count). The van der Waals surface area contributed by atoms with E-state index < -0.39 is 5.60 Å². The molecule has 3 aliphatic heterocycles. The van der Waals surface area contributed by atoms with Crippen molar-refractivity contribution in [3.05, 3.63) is 89.2 Å². The predicted octanol–water partition coefficient (Wildman–Crippen LogP) is 2.20. The molecular formula is C31H37N5O2. The number of aliphatic hydroxyl groups is 1. The van der Waals surface area contributed by atoms with Gasteiger partial charge in [-0.3, -0.25) is 4.79 Å². The van der Waals surface area contributed by atoms with Crippen LogP contribution in [0.5, 0.6) is 0 Å². The van der Waals surface area contributed by atoms with Crippen molar-refractivity contribution in [2.45, 2.75) is 30.8 Å². The summed E-state index contributed by atoms with van der Waals surface area (Å²) in [6, 6.07) is 22.8. The second-order valence-electron chi connectivity index (χ2n) is 11.2. The number of carbonyl (C=O) groups excluding carboxylic acids is 1. The molecule has 7 heteroatoms. The molecule has 198 valence electrons. The first-order valence-electron chi connectivity index (χ1n) is 13.8. The van der Waals surface area contributed by atoms with E-state index in [1.54, 1.807) is 0 Å². The standard InChI is InChI=1S/C31H37N5O2/c1-33-16-13-27(28(21-33)24-8-4-2-5-9-24)30(37)35-18-14-31(38,15-19-35)22-34-20-25-12-17-36(29(25)32-23-34)26-10-6-3-7-11-26/h2-12,17,20,27-28,38H,13-16,18-19,21-23H2,1H3/t27-,28+/m1/s1. The van der Waals surface area contributed by atoms with Crippen LogP contribution in [0.25, 0.3) is 11.9 Å². The lowest BCUT2D eigenvalue weighted by Crippen LogP contribution is -2.54. The third kappa shape index (κ3) is 5.00. The third-order valence-corrected chi connectivity index (χ3v) is 8.51. The largest absolute Gasteiger partial charge is 0.388 e. The maximum atomic E-state index is 13.7. The molecule has 1 amide bonds. The van der Waals surface area contributed by atoms with Crippen molar-refractivity contribution in [1.29, 1.82) is 0 Å². The second-order valence-corrected chi connectivity index (χ2v) is 11.2. The summed E-state index contributed by atoms with van der Waals surface area (Å²) in [6.07, 6.45) is 6.21. The number of piperidine rings is 2. The quantitative estimate of drug-likeness (QED) is 0.571. The zero-order chi connectivity index (χ0) is 26.1. The number of rotatable bonds is 5. The molecule has 0 saturated carbocycles. The van der Waals surface area contributed by atoms with Gasteiger partial charge in [-0.1, -0.05) is 48.5 Å². The molecule has 2 fully saturated rings. The van der Waals surface area contributed by atoms with Gasteiger partial charge < -0.3 is 24.4 Å². The van der Waals surface area contributed by atoms with E-state index in [0.29, 0.717) is 39.1 Å². The van der Waals surface area contributed by atoms with E-state index in [9.17, 15) is 9.90 Å². The SMILES string of the molecule is CN1CC[C@@H](C(=O)N2CCC(O)(CN3C=c4ccn(-c5ccccc5)c4=NC3)CC2)[C@H](c2ccccc2)C1. The Morgan fingerprint density at radius 3 is 2.45 bits per heavy atom. The topological polar surface area (TPSA) is 64.3 Å². The Bertz CT molecular complexity index is 1380. The van der Waals surface area contributed by atoms with E-state index in [4.69, 9.17) is 4.99 Å². The van der Waals surface area contributed by atoms with Gasteiger partial charge in [-0.2, -0.15) is 0 Å². The number of nitrogens with zero attached hydrogens (tertiary/aromatic N) is 5. The van der Waals surface area contributed by atoms with E-state index in [2.05, 4.69) is 70.1 Å². The number of hydrogen-bond donors (Lipinski definition) is 1. The average Bonchev–Trinajstić information content (AvgIpc) is 3.37. The van der Waals surface area contributed by atoms with Crippen LogP contribution in [0.2, 0.25) is 0 Å². The van der Waals surface area contributed by atoms with E-state index in [1.165, 1.54) is 5.56 Å². The predicted molar refractivity (Wildman–Crippen MR) is 148 cm³/mol. The van der Waals surface area contributed by atoms with Gasteiger partial charge in [0.2, 0.25) is 5.91 Å². The third-order valence-electron chi connectivity index (χ3n) is 8.51. The Kier molecular flexibility index (Phi) is 6.80. The summed E-state index contributed by atoms with van der Waals surface area (Å²) in [4.78, 5) is 25.0. The molecular weight excluding hydrogens is 474 g/mol. The van der Waals surface area contributed by atoms with E-state index >= 15 is 0 Å². The van der Waals surface area contributed by atoms with Crippen LogP contribution >= 0.6 is 0 Å². The molecule has 3 aromatic rings. The molecule has 1 N–H and O–H groups in total. The van der Waals surface area contributed by atoms with Crippen LogP contribution in [0.1, 0.15) is 30.7 Å². The van der Waals surface area contributed by atoms with Gasteiger partial charge >= 0.3 is 0 Å². The molecule has 0 radical (unpaired) electrons. The molecule has 2 atom stereocenters. The van der Waals surface area contributed by atoms with Crippen LogP contribution in [0.4, 0.5) is 0 Å². The first-order chi connectivity index (χ1) is 18.5. The van der Waals surface area contributed by atoms with Crippen LogP contribution in [-0.2, 0) is 4.79 Å². The Morgan fingerprint density at radius 2 is 1.71 bits per heavy atom. The van der Waals surface area contributed by atoms with Crippen molar-refractivity contribution < 1.29 is 9.90 Å². The Morgan fingerprint density at radius 1 is 1.00 bits per heavy atom. The lowest BCUT2D eigenvalue weighted by Gasteiger charge is -2.43. The van der Waals surface area contributed by atoms with Gasteiger partial charge in [-0.15, -0.1) is 0 Å². The minimum absolute atomic E-state index is 0.00101. The number of hydrogen-bond acceptors (Lipinski definition) is 5. The number of fused-ring (bicyclic) bond motifs is 1. The summed E-state index contributed by atoms with van der Waals surface area (Å²) in [7, 11) is 2.14. The average molecular weight is 512 g/mol. The van der Waals surface area contributed by atoms with Crippen molar-refractivity contribution in [2.24, 2.45) is 10.9 Å². The van der Waals surface area contributed by atoms with Gasteiger partial charge in [0.05, 0.1) is 5.60 Å². The number of carbonyl (C=O) groups is 1. The highest BCUT2D eigenvalue weighted by Gasteiger charge is 2.40. The van der Waals surface area contributed by atoms with Crippen molar-refractivity contribution in [3.8, 4) is 5.69 Å². The van der Waals surface area contributed by atoms with Crippen molar-refractivity contribution in [3.63, 3.8) is 0 Å². The summed E-state index contributed by atoms with van der Waals surface area (Å²) < 4.78 is 2.10. The van der Waals surface area contributed by atoms with Gasteiger partial charge in [-0.05, 0) is 56.6 Å². The van der Waals surface area contributed by atoms with Crippen LogP contribution in [0.15, 0.2) is 77.9 Å². The van der Waals surface area contributed by atoms with Crippen molar-refractivity contribution in [2.75, 3.05) is 46.4 Å². The van der Waals surface area contributed by atoms with Gasteiger partial charge in [0.1, 0.15) is 12.2 Å². The molecule has 0 bridgehead atoms. The number of likely N-dealkylation sites (N-methyl/N-ethyl adjacent to an activating group) is 1. The van der Waals surface area contributed by atoms with E-state index in [0.717, 1.165) is 35.9 Å². The Balaban J connectivity index is 1.10. The fourth-order valence-corrected chi connectivity index (χ4v) is 6.36. The summed E-state index contributed by atoms with van der Waals surface area (Å²) in [5.74, 6) is 0.465. The maximum Gasteiger partial charge on any atom is 0.226 e. The van der Waals surface area contributed by atoms with Gasteiger partial charge in [0, 0.05) is 61.3 Å². The maximum absolute atomic E-state index is 13.7. The highest BCUT2D eigenvalue weighted by atomic mass is 16.3. The number of β-amino-alcohol motifs (C(OH)–C–C–N with tert-alkyl or cyclic N) is 1. The summed E-state index contributed by atoms with van der Waals surface area (Å²) in [5, 5.41) is 12.5. The fraction of sp³-hybridized carbons (Fsp3) is 0.419. The van der Waals surface area contributed by atoms with Gasteiger partial charge in [-0.25, -0.2) is 4.99 Å². The molecule has 3 aliphatic rings. The first-order valence-corrected chi connectivity index (χ1v) is 13.8. The molecule has 1 aromatic heterocycles. The molecule has 0 aliphatic carbocycles. The minimum Gasteiger partial charge on any atom is -0.388 e. The van der Waals surface area contributed by atoms with Crippen LogP contribution < -0.4 is 10.7 Å². The summed E-state index contributed by atoms with van der Waals surface area (Å²) >= 11 is 0. The molecule has 2 saturated heterocycles. The fourth-order valence-electron chi connectivity index (χ4n) is 6.36. The zero-order valence-corrected chi connectivity index (χ0v) is 22.1. The molecule has 0 unspecified atom stereocenters. The van der Waals surface area contributed by atoms with Gasteiger partial charge in [0.15, 0.2) is 0 Å². The van der Waals surface area contributed by atoms with Crippen molar-refractivity contribution in [1.82, 2.24) is 19.3 Å². The summed E-state index contributed by atoms with van der Waals surface area (Å²) in [5.41, 5.74) is 2.46. The number of likely N-dealkylation sites (tertiary alicyclic amines) is 2. The monoisotopic (exact) mass is 511 g/mol. The first kappa shape index (κ1) is 24.9. The van der Waals surface area contributed by atoms with E-state index in [-0.39, 0.29) is 17.7 Å². The minimum atomic E-state index is -0.825. The number of para-hydroxylation sites is 1. The smallest absolute Gasteiger partial charge is 0.226 e. The number of amides is 1. The highest BCUT2D eigenvalue weighted by Crippen LogP contribution is 2.35. The van der Waals surface area contributed by atoms with Crippen LogP contribution in [0, 0.1) is 5.92 Å². The second kappa shape index (κ2) is 10.4. The number of aromatic nitrogens is 1. The van der Waals surface area contributed by atoms with Gasteiger partial charge in [0.25, 0.3) is 0 Å². The van der Waals surface area contributed by atoms with E-state index in [1.807, 2.05) is 35.4 Å². The molecule has 0 spiro atoms. The van der Waals surface area contributed by atoms with Crippen LogP contribution in [0.3, 0.4) is 0 Å². The Hall–Kier alpha value is -3.42. The molecule has 4 heterocycles. The highest BCUT2D eigenvalue weighted by molar-refractivity contribution is 5.80. The molecule has 7 nitrogen and oxygen atoms in total. The van der Waals surface area contributed by atoms with Crippen molar-refractivity contribution >= 4 is 12.1 Å². The lowest BCUT2D eigenvalue weighted by atomic mass is 9.79. The molecule has 38 heavy (non-hydrogen) atoms.